The van der Waals surface area contributed by atoms with Crippen LogP contribution in [-0.2, 0) is 0 Å². The van der Waals surface area contributed by atoms with Crippen molar-refractivity contribution in [2.24, 2.45) is 5.73 Å². The molecule has 1 aromatic rings. The van der Waals surface area contributed by atoms with Crippen LogP contribution < -0.4 is 19.9 Å². The van der Waals surface area contributed by atoms with Crippen molar-refractivity contribution >= 4 is 0 Å². The highest BCUT2D eigenvalue weighted by Crippen LogP contribution is 2.27. The van der Waals surface area contributed by atoms with Crippen LogP contribution >= 0.6 is 0 Å². The van der Waals surface area contributed by atoms with E-state index in [1.54, 1.807) is 39.3 Å². The minimum atomic E-state index is -0.872. The minimum absolute atomic E-state index is 0.358. The number of nitriles is 1. The summed E-state index contributed by atoms with van der Waals surface area (Å²) >= 11 is 0. The van der Waals surface area contributed by atoms with Crippen LogP contribution in [0.15, 0.2) is 18.2 Å². The summed E-state index contributed by atoms with van der Waals surface area (Å²) in [6.45, 7) is 2.03. The average Bonchev–Trinajstić information content (AvgIpc) is 2.38. The molecule has 0 spiro atoms. The van der Waals surface area contributed by atoms with Crippen molar-refractivity contribution in [1.82, 2.24) is 0 Å². The normalized spacial score (nSPS) is 13.3. The second-order valence-corrected chi connectivity index (χ2v) is 4.18. The molecule has 0 fully saturated rings. The van der Waals surface area contributed by atoms with Crippen LogP contribution in [0.5, 0.6) is 17.2 Å². The van der Waals surface area contributed by atoms with Crippen LogP contribution in [0.4, 0.5) is 0 Å². The van der Waals surface area contributed by atoms with Gasteiger partial charge >= 0.3 is 0 Å². The first-order valence-corrected chi connectivity index (χ1v) is 5.57. The third-order valence-electron chi connectivity index (χ3n) is 2.47. The van der Waals surface area contributed by atoms with Gasteiger partial charge in [0.15, 0.2) is 0 Å². The third kappa shape index (κ3) is 4.15. The quantitative estimate of drug-likeness (QED) is 0.831. The SMILES string of the molecule is COc1cc(OC)cc(OCCC(C)(N)C#N)c1. The Morgan fingerprint density at radius 2 is 1.67 bits per heavy atom. The highest BCUT2D eigenvalue weighted by molar-refractivity contribution is 5.41. The molecule has 18 heavy (non-hydrogen) atoms. The van der Waals surface area contributed by atoms with Crippen LogP contribution in [0.25, 0.3) is 0 Å². The number of ether oxygens (including phenoxy) is 3. The summed E-state index contributed by atoms with van der Waals surface area (Å²) in [4.78, 5) is 0. The van der Waals surface area contributed by atoms with Crippen molar-refractivity contribution < 1.29 is 14.2 Å². The molecule has 5 nitrogen and oxygen atoms in total. The van der Waals surface area contributed by atoms with Gasteiger partial charge in [-0.2, -0.15) is 5.26 Å². The van der Waals surface area contributed by atoms with Crippen molar-refractivity contribution in [1.29, 1.82) is 5.26 Å². The second kappa shape index (κ2) is 6.12. The second-order valence-electron chi connectivity index (χ2n) is 4.18. The average molecular weight is 250 g/mol. The molecule has 0 aliphatic carbocycles. The molecule has 0 aromatic heterocycles. The number of hydrogen-bond acceptors (Lipinski definition) is 5. The number of methoxy groups -OCH3 is 2. The van der Waals surface area contributed by atoms with E-state index < -0.39 is 5.54 Å². The molecule has 98 valence electrons. The van der Waals surface area contributed by atoms with E-state index in [9.17, 15) is 0 Å². The van der Waals surface area contributed by atoms with Crippen molar-refractivity contribution in [2.75, 3.05) is 20.8 Å². The summed E-state index contributed by atoms with van der Waals surface area (Å²) in [6.07, 6.45) is 0.447. The monoisotopic (exact) mass is 250 g/mol. The van der Waals surface area contributed by atoms with Gasteiger partial charge in [0, 0.05) is 24.6 Å². The van der Waals surface area contributed by atoms with E-state index in [-0.39, 0.29) is 0 Å². The summed E-state index contributed by atoms with van der Waals surface area (Å²) in [5.41, 5.74) is 4.83. The number of benzene rings is 1. The van der Waals surface area contributed by atoms with Crippen molar-refractivity contribution in [3.63, 3.8) is 0 Å². The van der Waals surface area contributed by atoms with Gasteiger partial charge in [0.2, 0.25) is 0 Å². The van der Waals surface area contributed by atoms with Gasteiger partial charge in [0.25, 0.3) is 0 Å². The fraction of sp³-hybridized carbons (Fsp3) is 0.462. The highest BCUT2D eigenvalue weighted by Gasteiger charge is 2.17. The first-order chi connectivity index (χ1) is 8.50. The Morgan fingerprint density at radius 1 is 1.17 bits per heavy atom. The smallest absolute Gasteiger partial charge is 0.126 e. The Bertz CT molecular complexity index is 416. The van der Waals surface area contributed by atoms with Crippen LogP contribution in [0.3, 0.4) is 0 Å². The maximum atomic E-state index is 8.79. The molecule has 0 heterocycles. The van der Waals surface area contributed by atoms with E-state index in [2.05, 4.69) is 0 Å². The standard InChI is InChI=1S/C13H18N2O3/c1-13(15,9-14)4-5-18-12-7-10(16-2)6-11(8-12)17-3/h6-8H,4-5,15H2,1-3H3. The van der Waals surface area contributed by atoms with E-state index in [0.717, 1.165) is 0 Å². The molecular weight excluding hydrogens is 232 g/mol. The molecule has 0 aliphatic heterocycles. The van der Waals surface area contributed by atoms with Crippen LogP contribution in [0.2, 0.25) is 0 Å². The zero-order chi connectivity index (χ0) is 13.6. The summed E-state index contributed by atoms with van der Waals surface area (Å²) < 4.78 is 15.8. The lowest BCUT2D eigenvalue weighted by Gasteiger charge is -2.16. The predicted molar refractivity (Wildman–Crippen MR) is 67.9 cm³/mol. The van der Waals surface area contributed by atoms with Gasteiger partial charge in [-0.15, -0.1) is 0 Å². The lowest BCUT2D eigenvalue weighted by Crippen LogP contribution is -2.35. The summed E-state index contributed by atoms with van der Waals surface area (Å²) in [5.74, 6) is 1.93. The van der Waals surface area contributed by atoms with Gasteiger partial charge in [-0.3, -0.25) is 0 Å². The molecule has 1 aromatic carbocycles. The molecule has 0 amide bonds. The van der Waals surface area contributed by atoms with Gasteiger partial charge in [-0.1, -0.05) is 0 Å². The Labute approximate surface area is 107 Å². The summed E-state index contributed by atoms with van der Waals surface area (Å²) in [6, 6.07) is 7.29. The first kappa shape index (κ1) is 14.1. The Balaban J connectivity index is 2.65. The van der Waals surface area contributed by atoms with Crippen molar-refractivity contribution in [3.05, 3.63) is 18.2 Å². The van der Waals surface area contributed by atoms with E-state index >= 15 is 0 Å². The molecule has 0 aliphatic rings. The summed E-state index contributed by atoms with van der Waals surface area (Å²) in [5, 5.41) is 8.79. The predicted octanol–water partition coefficient (Wildman–Crippen LogP) is 1.71. The Morgan fingerprint density at radius 3 is 2.11 bits per heavy atom. The largest absolute Gasteiger partial charge is 0.496 e. The number of hydrogen-bond donors (Lipinski definition) is 1. The van der Waals surface area contributed by atoms with E-state index in [4.69, 9.17) is 25.2 Å². The zero-order valence-corrected chi connectivity index (χ0v) is 10.9. The topological polar surface area (TPSA) is 77.5 Å². The molecule has 1 rings (SSSR count). The van der Waals surface area contributed by atoms with Crippen molar-refractivity contribution in [2.45, 2.75) is 18.9 Å². The number of nitrogens with two attached hydrogens (primary N) is 1. The Hall–Kier alpha value is -1.93. The van der Waals surface area contributed by atoms with Crippen molar-refractivity contribution in [3.8, 4) is 23.3 Å². The molecule has 0 saturated heterocycles. The van der Waals surface area contributed by atoms with Gasteiger partial charge in [-0.05, 0) is 6.92 Å². The van der Waals surface area contributed by atoms with Crippen LogP contribution in [0, 0.1) is 11.3 Å². The molecule has 0 saturated carbocycles. The molecule has 5 heteroatoms. The third-order valence-corrected chi connectivity index (χ3v) is 2.47. The van der Waals surface area contributed by atoms with Gasteiger partial charge < -0.3 is 19.9 Å². The molecule has 0 radical (unpaired) electrons. The lowest BCUT2D eigenvalue weighted by molar-refractivity contribution is 0.282. The molecule has 1 atom stereocenters. The lowest BCUT2D eigenvalue weighted by atomic mass is 10.0. The van der Waals surface area contributed by atoms with E-state index in [0.29, 0.717) is 30.3 Å². The molecular formula is C13H18N2O3. The Kier molecular flexibility index (Phi) is 4.81. The van der Waals surface area contributed by atoms with Gasteiger partial charge in [-0.25, -0.2) is 0 Å². The number of nitrogens with zero attached hydrogens (tertiary/aromatic N) is 1. The summed E-state index contributed by atoms with van der Waals surface area (Å²) in [7, 11) is 3.15. The first-order valence-electron chi connectivity index (χ1n) is 5.57. The fourth-order valence-electron chi connectivity index (χ4n) is 1.30. The highest BCUT2D eigenvalue weighted by atomic mass is 16.5. The van der Waals surface area contributed by atoms with E-state index in [1.807, 2.05) is 6.07 Å². The van der Waals surface area contributed by atoms with Crippen LogP contribution in [-0.4, -0.2) is 26.4 Å². The molecule has 1 unspecified atom stereocenters. The van der Waals surface area contributed by atoms with E-state index in [1.165, 1.54) is 0 Å². The van der Waals surface area contributed by atoms with Crippen LogP contribution in [0.1, 0.15) is 13.3 Å². The minimum Gasteiger partial charge on any atom is -0.496 e. The van der Waals surface area contributed by atoms with Gasteiger partial charge in [0.05, 0.1) is 26.9 Å². The maximum Gasteiger partial charge on any atom is 0.126 e. The maximum absolute atomic E-state index is 8.79. The zero-order valence-electron chi connectivity index (χ0n) is 10.9. The molecule has 0 bridgehead atoms. The van der Waals surface area contributed by atoms with Gasteiger partial charge in [0.1, 0.15) is 22.8 Å². The molecule has 2 N–H and O–H groups in total. The number of rotatable bonds is 6. The fourth-order valence-corrected chi connectivity index (χ4v) is 1.30.